The first-order valence-corrected chi connectivity index (χ1v) is 10.5. The molecule has 3 aliphatic carbocycles. The van der Waals surface area contributed by atoms with Crippen molar-refractivity contribution in [1.82, 2.24) is 0 Å². The molecule has 0 radical (unpaired) electrons. The molecule has 6 nitrogen and oxygen atoms in total. The van der Waals surface area contributed by atoms with Gasteiger partial charge in [-0.05, 0) is 69.6 Å². The molecule has 0 aromatic rings. The minimum atomic E-state index is -0.935. The summed E-state index contributed by atoms with van der Waals surface area (Å²) in [6.45, 7) is 13.6. The summed E-state index contributed by atoms with van der Waals surface area (Å²) in [5.74, 6) is 3.50. The summed E-state index contributed by atoms with van der Waals surface area (Å²) in [6.07, 6.45) is 10.9. The smallest absolute Gasteiger partial charge is 0.333 e. The summed E-state index contributed by atoms with van der Waals surface area (Å²) in [7, 11) is 3.11. The first-order chi connectivity index (χ1) is 14.2. The largest absolute Gasteiger partial charge is 0.505 e. The minimum Gasteiger partial charge on any atom is -0.505 e. The van der Waals surface area contributed by atoms with Crippen LogP contribution >= 0.6 is 0 Å². The number of carbonyl (C=O) groups is 2. The Morgan fingerprint density at radius 1 is 0.967 bits per heavy atom. The Balaban J connectivity index is 0.000000398. The van der Waals surface area contributed by atoms with Crippen molar-refractivity contribution in [3.05, 3.63) is 37.1 Å². The van der Waals surface area contributed by atoms with Gasteiger partial charge in [-0.1, -0.05) is 26.2 Å². The number of carbonyl (C=O) groups excluding carboxylic acids is 1. The molecule has 0 saturated heterocycles. The average Bonchev–Trinajstić information content (AvgIpc) is 3.44. The lowest BCUT2D eigenvalue weighted by atomic mass is 9.82. The average molecular weight is 425 g/mol. The van der Waals surface area contributed by atoms with Crippen LogP contribution in [-0.4, -0.2) is 44.5 Å². The molecule has 3 aliphatic rings. The summed E-state index contributed by atoms with van der Waals surface area (Å²) in [5.41, 5.74) is 0.589. The molecule has 0 spiro atoms. The molecule has 0 heterocycles. The lowest BCUT2D eigenvalue weighted by molar-refractivity contribution is -0.140. The predicted molar refractivity (Wildman–Crippen MR) is 119 cm³/mol. The van der Waals surface area contributed by atoms with E-state index in [1.807, 2.05) is 0 Å². The van der Waals surface area contributed by atoms with Gasteiger partial charge in [-0.25, -0.2) is 9.59 Å². The van der Waals surface area contributed by atoms with E-state index in [4.69, 9.17) is 5.11 Å². The molecule has 0 amide bonds. The molecule has 6 heteroatoms. The Morgan fingerprint density at radius 2 is 1.43 bits per heavy atom. The van der Waals surface area contributed by atoms with Crippen molar-refractivity contribution in [1.29, 1.82) is 0 Å². The molecular formula is C24H40O6. The van der Waals surface area contributed by atoms with Crippen molar-refractivity contribution in [2.24, 2.45) is 23.7 Å². The monoisotopic (exact) mass is 424 g/mol. The second kappa shape index (κ2) is 15.7. The number of carboxylic acids is 1. The fourth-order valence-corrected chi connectivity index (χ4v) is 4.36. The zero-order valence-electron chi connectivity index (χ0n) is 19.2. The standard InChI is InChI=1S/C10H16.C7H12O3.C4H6O2.C3H6O/c1-2-9-7-4-5-8(6-7)10(9)3-1;1-6(2)7(8)10-5-4-9-3;1-3(2)4(5)6;1-3-4-2/h7-10H,1-6H2;1,4-5H2,2-3H3;1H2,2H3,(H,5,6);3H,1H2,2H3. The van der Waals surface area contributed by atoms with Crippen LogP contribution in [0.1, 0.15) is 52.4 Å². The summed E-state index contributed by atoms with van der Waals surface area (Å²) in [6, 6.07) is 0. The number of carboxylic acid groups (broad SMARTS) is 1. The van der Waals surface area contributed by atoms with Crippen LogP contribution in [0.5, 0.6) is 0 Å². The first kappa shape index (κ1) is 27.9. The minimum absolute atomic E-state index is 0.176. The predicted octanol–water partition coefficient (Wildman–Crippen LogP) is 5.01. The van der Waals surface area contributed by atoms with E-state index >= 15 is 0 Å². The van der Waals surface area contributed by atoms with E-state index in [9.17, 15) is 9.59 Å². The number of ether oxygens (including phenoxy) is 3. The third-order valence-corrected chi connectivity index (χ3v) is 5.75. The van der Waals surface area contributed by atoms with Crippen LogP contribution in [0.2, 0.25) is 0 Å². The third-order valence-electron chi connectivity index (χ3n) is 5.75. The molecule has 4 unspecified atom stereocenters. The summed E-state index contributed by atoms with van der Waals surface area (Å²) in [4.78, 5) is 20.2. The second-order valence-corrected chi connectivity index (χ2v) is 7.99. The Hall–Kier alpha value is -2.08. The van der Waals surface area contributed by atoms with Gasteiger partial charge in [0.1, 0.15) is 6.61 Å². The molecule has 172 valence electrons. The van der Waals surface area contributed by atoms with E-state index in [1.54, 1.807) is 59.7 Å². The highest BCUT2D eigenvalue weighted by atomic mass is 16.6. The topological polar surface area (TPSA) is 82.1 Å². The van der Waals surface area contributed by atoms with E-state index in [0.29, 0.717) is 18.8 Å². The van der Waals surface area contributed by atoms with Crippen molar-refractivity contribution < 1.29 is 28.9 Å². The Kier molecular flexibility index (Phi) is 14.6. The van der Waals surface area contributed by atoms with Gasteiger partial charge in [-0.15, -0.1) is 0 Å². The molecule has 3 fully saturated rings. The maximum Gasteiger partial charge on any atom is 0.333 e. The zero-order valence-corrected chi connectivity index (χ0v) is 19.2. The van der Waals surface area contributed by atoms with E-state index in [0.717, 1.165) is 0 Å². The summed E-state index contributed by atoms with van der Waals surface area (Å²) >= 11 is 0. The highest BCUT2D eigenvalue weighted by Gasteiger charge is 2.48. The fraction of sp³-hybridized carbons (Fsp3) is 0.667. The van der Waals surface area contributed by atoms with Gasteiger partial charge < -0.3 is 19.3 Å². The maximum absolute atomic E-state index is 10.6. The van der Waals surface area contributed by atoms with Gasteiger partial charge in [0.25, 0.3) is 0 Å². The number of fused-ring (bicyclic) bond motifs is 5. The third kappa shape index (κ3) is 10.6. The van der Waals surface area contributed by atoms with Gasteiger partial charge >= 0.3 is 11.9 Å². The van der Waals surface area contributed by atoms with Crippen molar-refractivity contribution in [2.45, 2.75) is 52.4 Å². The van der Waals surface area contributed by atoms with Gasteiger partial charge in [-0.3, -0.25) is 0 Å². The van der Waals surface area contributed by atoms with Gasteiger partial charge in [0.15, 0.2) is 0 Å². The first-order valence-electron chi connectivity index (χ1n) is 10.5. The van der Waals surface area contributed by atoms with Gasteiger partial charge in [0.05, 0.1) is 20.0 Å². The molecule has 2 bridgehead atoms. The van der Waals surface area contributed by atoms with E-state index < -0.39 is 5.97 Å². The number of methoxy groups -OCH3 is 2. The fourth-order valence-electron chi connectivity index (χ4n) is 4.36. The van der Waals surface area contributed by atoms with Crippen molar-refractivity contribution in [3.8, 4) is 0 Å². The molecule has 0 aromatic heterocycles. The number of hydrogen-bond acceptors (Lipinski definition) is 5. The molecule has 1 N–H and O–H groups in total. The SMILES string of the molecule is C1CC2C3CCC(C3)C2C1.C=C(C)C(=O)O.C=C(C)C(=O)OCCOC.C=COC. The molecule has 3 saturated carbocycles. The second-order valence-electron chi connectivity index (χ2n) is 7.99. The highest BCUT2D eigenvalue weighted by Crippen LogP contribution is 2.58. The summed E-state index contributed by atoms with van der Waals surface area (Å²) in [5, 5.41) is 7.89. The Bertz CT molecular complexity index is 540. The van der Waals surface area contributed by atoms with Crippen molar-refractivity contribution in [3.63, 3.8) is 0 Å². The van der Waals surface area contributed by atoms with Crippen LogP contribution in [0.25, 0.3) is 0 Å². The zero-order chi connectivity index (χ0) is 23.1. The number of rotatable bonds is 6. The molecule has 30 heavy (non-hydrogen) atoms. The molecule has 0 aliphatic heterocycles. The molecular weight excluding hydrogens is 384 g/mol. The summed E-state index contributed by atoms with van der Waals surface area (Å²) < 4.78 is 13.7. The van der Waals surface area contributed by atoms with Crippen molar-refractivity contribution >= 4 is 11.9 Å². The van der Waals surface area contributed by atoms with Crippen molar-refractivity contribution in [2.75, 3.05) is 27.4 Å². The lowest BCUT2D eigenvalue weighted by Gasteiger charge is -2.23. The Morgan fingerprint density at radius 3 is 1.77 bits per heavy atom. The van der Waals surface area contributed by atoms with Crippen LogP contribution in [0, 0.1) is 23.7 Å². The number of aliphatic carboxylic acids is 1. The van der Waals surface area contributed by atoms with Crippen LogP contribution in [0.4, 0.5) is 0 Å². The Labute approximate surface area is 182 Å². The van der Waals surface area contributed by atoms with Crippen LogP contribution < -0.4 is 0 Å². The van der Waals surface area contributed by atoms with E-state index in [2.05, 4.69) is 33.9 Å². The normalized spacial score (nSPS) is 24.4. The quantitative estimate of drug-likeness (QED) is 0.279. The number of hydrogen-bond donors (Lipinski definition) is 1. The van der Waals surface area contributed by atoms with Crippen LogP contribution in [0.15, 0.2) is 37.1 Å². The van der Waals surface area contributed by atoms with Crippen LogP contribution in [-0.2, 0) is 23.8 Å². The molecule has 3 rings (SSSR count). The van der Waals surface area contributed by atoms with Gasteiger partial charge in [0.2, 0.25) is 0 Å². The van der Waals surface area contributed by atoms with E-state index in [-0.39, 0.29) is 11.5 Å². The van der Waals surface area contributed by atoms with Gasteiger partial charge in [-0.2, -0.15) is 0 Å². The number of esters is 1. The molecule has 0 aromatic carbocycles. The molecule has 4 atom stereocenters. The highest BCUT2D eigenvalue weighted by molar-refractivity contribution is 5.86. The lowest BCUT2D eigenvalue weighted by Crippen LogP contribution is -2.15. The maximum atomic E-state index is 10.6. The van der Waals surface area contributed by atoms with Crippen LogP contribution in [0.3, 0.4) is 0 Å². The van der Waals surface area contributed by atoms with Gasteiger partial charge in [0, 0.05) is 18.3 Å². The van der Waals surface area contributed by atoms with E-state index in [1.165, 1.54) is 36.9 Å².